The van der Waals surface area contributed by atoms with Crippen LogP contribution in [0.2, 0.25) is 0 Å². The largest absolute Gasteiger partial charge is 0.462 e. The maximum atomic E-state index is 12.9. The number of carbonyl (C=O) groups is 3. The van der Waals surface area contributed by atoms with Crippen LogP contribution in [-0.4, -0.2) is 37.2 Å². The average molecular weight is 1040 g/mol. The van der Waals surface area contributed by atoms with Crippen LogP contribution in [0.3, 0.4) is 0 Å². The molecule has 0 N–H and O–H groups in total. The molecule has 0 fully saturated rings. The number of allylic oxidation sites excluding steroid dienone is 16. The third-order valence-electron chi connectivity index (χ3n) is 13.5. The molecule has 0 bridgehead atoms. The van der Waals surface area contributed by atoms with E-state index in [4.69, 9.17) is 14.2 Å². The van der Waals surface area contributed by atoms with Crippen LogP contribution in [0, 0.1) is 0 Å². The second-order valence-electron chi connectivity index (χ2n) is 20.9. The van der Waals surface area contributed by atoms with E-state index >= 15 is 0 Å². The lowest BCUT2D eigenvalue weighted by Gasteiger charge is -2.18. The Morgan fingerprint density at radius 2 is 0.520 bits per heavy atom. The molecule has 0 spiro atoms. The van der Waals surface area contributed by atoms with Crippen LogP contribution < -0.4 is 0 Å². The fourth-order valence-corrected chi connectivity index (χ4v) is 8.79. The molecule has 6 nitrogen and oxygen atoms in total. The van der Waals surface area contributed by atoms with Gasteiger partial charge in [-0.05, 0) is 122 Å². The van der Waals surface area contributed by atoms with E-state index in [0.717, 1.165) is 109 Å². The first-order valence-electron chi connectivity index (χ1n) is 31.7. The van der Waals surface area contributed by atoms with Crippen molar-refractivity contribution in [1.29, 1.82) is 0 Å². The average Bonchev–Trinajstić information content (AvgIpc) is 3.41. The lowest BCUT2D eigenvalue weighted by molar-refractivity contribution is -0.167. The van der Waals surface area contributed by atoms with Gasteiger partial charge in [0.05, 0.1) is 0 Å². The molecule has 1 atom stereocenters. The minimum atomic E-state index is -0.797. The maximum absolute atomic E-state index is 12.9. The Kier molecular flexibility index (Phi) is 59.8. The number of esters is 3. The molecule has 0 saturated heterocycles. The number of rotatable bonds is 57. The van der Waals surface area contributed by atoms with Crippen molar-refractivity contribution < 1.29 is 28.6 Å². The highest BCUT2D eigenvalue weighted by atomic mass is 16.6. The Balaban J connectivity index is 4.38. The lowest BCUT2D eigenvalue weighted by Crippen LogP contribution is -2.30. The molecule has 75 heavy (non-hydrogen) atoms. The molecule has 0 heterocycles. The van der Waals surface area contributed by atoms with Crippen molar-refractivity contribution in [3.63, 3.8) is 0 Å². The second-order valence-corrected chi connectivity index (χ2v) is 20.9. The maximum Gasteiger partial charge on any atom is 0.306 e. The molecule has 0 amide bonds. The molecule has 0 aromatic carbocycles. The second kappa shape index (κ2) is 62.9. The van der Waals surface area contributed by atoms with E-state index < -0.39 is 6.10 Å². The Hall–Kier alpha value is -3.67. The van der Waals surface area contributed by atoms with Gasteiger partial charge in [-0.2, -0.15) is 0 Å². The van der Waals surface area contributed by atoms with Crippen molar-refractivity contribution in [2.75, 3.05) is 13.2 Å². The van der Waals surface area contributed by atoms with E-state index in [1.807, 2.05) is 0 Å². The van der Waals surface area contributed by atoms with Gasteiger partial charge in [0.15, 0.2) is 6.10 Å². The van der Waals surface area contributed by atoms with Gasteiger partial charge in [0.1, 0.15) is 13.2 Å². The van der Waals surface area contributed by atoms with Crippen molar-refractivity contribution in [3.05, 3.63) is 97.2 Å². The Bertz CT molecular complexity index is 1480. The summed E-state index contributed by atoms with van der Waals surface area (Å²) in [6.45, 7) is 6.49. The summed E-state index contributed by atoms with van der Waals surface area (Å²) in [6.07, 6.45) is 84.1. The lowest BCUT2D eigenvalue weighted by atomic mass is 10.1. The Labute approximate surface area is 464 Å². The zero-order valence-electron chi connectivity index (χ0n) is 49.3. The van der Waals surface area contributed by atoms with Crippen LogP contribution in [0.15, 0.2) is 97.2 Å². The van der Waals surface area contributed by atoms with Gasteiger partial charge in [-0.3, -0.25) is 14.4 Å². The molecule has 0 aromatic heterocycles. The van der Waals surface area contributed by atoms with Gasteiger partial charge < -0.3 is 14.2 Å². The highest BCUT2D eigenvalue weighted by molar-refractivity contribution is 5.71. The van der Waals surface area contributed by atoms with Gasteiger partial charge in [-0.15, -0.1) is 0 Å². The van der Waals surface area contributed by atoms with Gasteiger partial charge in [-0.1, -0.05) is 259 Å². The molecule has 0 aromatic rings. The summed E-state index contributed by atoms with van der Waals surface area (Å²) < 4.78 is 16.9. The van der Waals surface area contributed by atoms with E-state index in [1.165, 1.54) is 154 Å². The van der Waals surface area contributed by atoms with Crippen LogP contribution >= 0.6 is 0 Å². The zero-order valence-corrected chi connectivity index (χ0v) is 49.3. The summed E-state index contributed by atoms with van der Waals surface area (Å²) in [6, 6.07) is 0. The van der Waals surface area contributed by atoms with Crippen molar-refractivity contribution in [3.8, 4) is 0 Å². The molecule has 6 heteroatoms. The molecule has 0 aliphatic carbocycles. The molecule has 0 aliphatic rings. The SMILES string of the molecule is CC/C=C\C/C=C\C/C=C\CCCCCC(=O)OCC(COC(=O)CCCCCCCCCC/C=C\C/C=C\C/C=C\CCCCCCC)OC(=O)CCCCCCCCCCC/C=C\C/C=C\CCCCCCC. The molecule has 430 valence electrons. The van der Waals surface area contributed by atoms with Crippen LogP contribution in [0.4, 0.5) is 0 Å². The molecular weight excluding hydrogens is 925 g/mol. The predicted octanol–water partition coefficient (Wildman–Crippen LogP) is 21.7. The van der Waals surface area contributed by atoms with Gasteiger partial charge in [0.25, 0.3) is 0 Å². The number of unbranched alkanes of at least 4 members (excludes halogenated alkanes) is 30. The summed E-state index contributed by atoms with van der Waals surface area (Å²) in [4.78, 5) is 38.3. The molecular formula is C69H118O6. The van der Waals surface area contributed by atoms with E-state index in [1.54, 1.807) is 0 Å². The number of ether oxygens (including phenoxy) is 3. The number of hydrogen-bond donors (Lipinski definition) is 0. The van der Waals surface area contributed by atoms with Crippen molar-refractivity contribution in [2.24, 2.45) is 0 Å². The van der Waals surface area contributed by atoms with Crippen LogP contribution in [0.5, 0.6) is 0 Å². The summed E-state index contributed by atoms with van der Waals surface area (Å²) >= 11 is 0. The normalized spacial score (nSPS) is 12.7. The van der Waals surface area contributed by atoms with Crippen molar-refractivity contribution in [1.82, 2.24) is 0 Å². The first-order valence-corrected chi connectivity index (χ1v) is 31.7. The summed E-state index contributed by atoms with van der Waals surface area (Å²) in [5.74, 6) is -0.926. The van der Waals surface area contributed by atoms with Crippen LogP contribution in [0.1, 0.15) is 303 Å². The highest BCUT2D eigenvalue weighted by Crippen LogP contribution is 2.15. The topological polar surface area (TPSA) is 78.9 Å². The zero-order chi connectivity index (χ0) is 54.3. The quantitative estimate of drug-likeness (QED) is 0.0261. The Morgan fingerprint density at radius 3 is 0.827 bits per heavy atom. The summed E-state index contributed by atoms with van der Waals surface area (Å²) in [5, 5.41) is 0. The van der Waals surface area contributed by atoms with Gasteiger partial charge in [-0.25, -0.2) is 0 Å². The van der Waals surface area contributed by atoms with E-state index in [2.05, 4.69) is 118 Å². The minimum Gasteiger partial charge on any atom is -0.462 e. The molecule has 0 radical (unpaired) electrons. The van der Waals surface area contributed by atoms with Crippen LogP contribution in [0.25, 0.3) is 0 Å². The van der Waals surface area contributed by atoms with Gasteiger partial charge in [0.2, 0.25) is 0 Å². The van der Waals surface area contributed by atoms with Crippen molar-refractivity contribution in [2.45, 2.75) is 309 Å². The monoisotopic (exact) mass is 1040 g/mol. The fraction of sp³-hybridized carbons (Fsp3) is 0.725. The molecule has 1 unspecified atom stereocenters. The highest BCUT2D eigenvalue weighted by Gasteiger charge is 2.19. The molecule has 0 aliphatic heterocycles. The van der Waals surface area contributed by atoms with Crippen LogP contribution in [-0.2, 0) is 28.6 Å². The standard InChI is InChI=1S/C69H118O6/c1-4-7-10-13-16-19-22-25-27-29-31-33-34-36-37-39-41-44-47-50-53-56-59-62-68(71)74-65-66(64-73-67(70)61-58-55-52-49-46-43-24-21-18-15-12-9-6-3)75-69(72)63-60-57-54-51-48-45-42-40-38-35-32-30-28-26-23-20-17-14-11-8-5-2/h9,12,18,21-23,25-26,29-32,34,36,43,46,66H,4-8,10-11,13-17,19-20,24,27-28,33,35,37-42,44-45,47-65H2,1-3H3/b12-9-,21-18-,25-22-,26-23-,31-29-,32-30-,36-34-,46-43-. The molecule has 0 saturated carbocycles. The minimum absolute atomic E-state index is 0.0927. The van der Waals surface area contributed by atoms with E-state index in [0.29, 0.717) is 19.3 Å². The molecule has 0 rings (SSSR count). The first-order chi connectivity index (χ1) is 37.0. The van der Waals surface area contributed by atoms with Crippen molar-refractivity contribution >= 4 is 17.9 Å². The fourth-order valence-electron chi connectivity index (χ4n) is 8.79. The summed E-state index contributed by atoms with van der Waals surface area (Å²) in [5.41, 5.74) is 0. The first kappa shape index (κ1) is 71.3. The third kappa shape index (κ3) is 61.1. The van der Waals surface area contributed by atoms with E-state index in [9.17, 15) is 14.4 Å². The smallest absolute Gasteiger partial charge is 0.306 e. The third-order valence-corrected chi connectivity index (χ3v) is 13.5. The number of hydrogen-bond acceptors (Lipinski definition) is 6. The van der Waals surface area contributed by atoms with E-state index in [-0.39, 0.29) is 31.1 Å². The number of carbonyl (C=O) groups excluding carboxylic acids is 3. The predicted molar refractivity (Wildman–Crippen MR) is 325 cm³/mol. The summed E-state index contributed by atoms with van der Waals surface area (Å²) in [7, 11) is 0. The van der Waals surface area contributed by atoms with Gasteiger partial charge in [0, 0.05) is 19.3 Å². The van der Waals surface area contributed by atoms with Gasteiger partial charge >= 0.3 is 17.9 Å². The Morgan fingerprint density at radius 1 is 0.280 bits per heavy atom.